The molecule has 4 nitrogen and oxygen atoms in total. The van der Waals surface area contributed by atoms with E-state index in [0.717, 1.165) is 22.8 Å². The third-order valence-electron chi connectivity index (χ3n) is 2.81. The highest BCUT2D eigenvalue weighted by molar-refractivity contribution is 5.42. The van der Waals surface area contributed by atoms with Crippen molar-refractivity contribution in [3.05, 3.63) is 53.9 Å². The van der Waals surface area contributed by atoms with E-state index in [1.54, 1.807) is 13.3 Å². The van der Waals surface area contributed by atoms with Crippen LogP contribution >= 0.6 is 0 Å². The van der Waals surface area contributed by atoms with E-state index < -0.39 is 0 Å². The predicted octanol–water partition coefficient (Wildman–Crippen LogP) is 2.69. The van der Waals surface area contributed by atoms with Crippen LogP contribution in [0.25, 0.3) is 0 Å². The Morgan fingerprint density at radius 2 is 2.11 bits per heavy atom. The summed E-state index contributed by atoms with van der Waals surface area (Å²) >= 11 is 0. The number of aromatic nitrogens is 1. The van der Waals surface area contributed by atoms with Crippen LogP contribution in [-0.4, -0.2) is 12.1 Å². The summed E-state index contributed by atoms with van der Waals surface area (Å²) in [6.45, 7) is 2.34. The van der Waals surface area contributed by atoms with Crippen molar-refractivity contribution in [2.75, 3.05) is 7.11 Å². The molecule has 1 aromatic carbocycles. The van der Waals surface area contributed by atoms with E-state index in [1.165, 1.54) is 0 Å². The fourth-order valence-electron chi connectivity index (χ4n) is 1.78. The zero-order chi connectivity index (χ0) is 13.7. The number of pyridine rings is 1. The average Bonchev–Trinajstić information content (AvgIpc) is 2.45. The van der Waals surface area contributed by atoms with E-state index in [9.17, 15) is 0 Å². The van der Waals surface area contributed by atoms with Gasteiger partial charge in [-0.05, 0) is 25.1 Å². The molecule has 0 unspecified atom stereocenters. The molecule has 0 aliphatic heterocycles. The van der Waals surface area contributed by atoms with Gasteiger partial charge in [0.05, 0.1) is 12.8 Å². The summed E-state index contributed by atoms with van der Waals surface area (Å²) in [6, 6.07) is 11.3. The minimum Gasteiger partial charge on any atom is -0.497 e. The van der Waals surface area contributed by atoms with Crippen molar-refractivity contribution in [2.24, 2.45) is 5.73 Å². The zero-order valence-electron chi connectivity index (χ0n) is 11.2. The fraction of sp³-hybridized carbons (Fsp3) is 0.267. The van der Waals surface area contributed by atoms with Crippen LogP contribution in [0.2, 0.25) is 0 Å². The molecule has 0 aliphatic rings. The van der Waals surface area contributed by atoms with Gasteiger partial charge >= 0.3 is 0 Å². The molecule has 1 atom stereocenters. The van der Waals surface area contributed by atoms with Gasteiger partial charge in [0.2, 0.25) is 0 Å². The van der Waals surface area contributed by atoms with Gasteiger partial charge in [-0.3, -0.25) is 4.98 Å². The summed E-state index contributed by atoms with van der Waals surface area (Å²) in [6.07, 6.45) is 1.75. The van der Waals surface area contributed by atoms with Crippen molar-refractivity contribution in [2.45, 2.75) is 19.6 Å². The largest absolute Gasteiger partial charge is 0.497 e. The first-order valence-corrected chi connectivity index (χ1v) is 6.17. The molecule has 0 radical (unpaired) electrons. The number of methoxy groups -OCH3 is 1. The van der Waals surface area contributed by atoms with Crippen LogP contribution in [0.5, 0.6) is 11.5 Å². The number of hydrogen-bond donors (Lipinski definition) is 1. The second-order valence-corrected chi connectivity index (χ2v) is 4.30. The summed E-state index contributed by atoms with van der Waals surface area (Å²) in [7, 11) is 1.63. The summed E-state index contributed by atoms with van der Waals surface area (Å²) in [5, 5.41) is 0. The Kier molecular flexibility index (Phi) is 4.36. The van der Waals surface area contributed by atoms with Crippen LogP contribution in [-0.2, 0) is 6.61 Å². The monoisotopic (exact) mass is 258 g/mol. The number of benzene rings is 1. The topological polar surface area (TPSA) is 57.4 Å². The smallest absolute Gasteiger partial charge is 0.130 e. The Balaban J connectivity index is 2.18. The Labute approximate surface area is 113 Å². The molecule has 100 valence electrons. The molecule has 4 heteroatoms. The molecule has 1 aromatic heterocycles. The number of nitrogens with zero attached hydrogens (tertiary/aromatic N) is 1. The summed E-state index contributed by atoms with van der Waals surface area (Å²) < 4.78 is 11.0. The molecule has 0 fully saturated rings. The number of rotatable bonds is 5. The molecule has 1 heterocycles. The molecule has 2 N–H and O–H groups in total. The molecule has 2 aromatic rings. The average molecular weight is 258 g/mol. The highest BCUT2D eigenvalue weighted by atomic mass is 16.5. The zero-order valence-corrected chi connectivity index (χ0v) is 11.2. The molecule has 0 saturated carbocycles. The minimum absolute atomic E-state index is 0.0929. The molecule has 2 rings (SSSR count). The van der Waals surface area contributed by atoms with Gasteiger partial charge in [0.1, 0.15) is 18.1 Å². The lowest BCUT2D eigenvalue weighted by molar-refractivity contribution is 0.294. The van der Waals surface area contributed by atoms with Gasteiger partial charge < -0.3 is 15.2 Å². The number of ether oxygens (including phenoxy) is 2. The molecule has 0 amide bonds. The van der Waals surface area contributed by atoms with Crippen LogP contribution in [0, 0.1) is 0 Å². The van der Waals surface area contributed by atoms with Crippen molar-refractivity contribution in [3.63, 3.8) is 0 Å². The van der Waals surface area contributed by atoms with Gasteiger partial charge in [-0.15, -0.1) is 0 Å². The summed E-state index contributed by atoms with van der Waals surface area (Å²) in [4.78, 5) is 4.22. The van der Waals surface area contributed by atoms with Crippen LogP contribution in [0.3, 0.4) is 0 Å². The fourth-order valence-corrected chi connectivity index (χ4v) is 1.78. The van der Waals surface area contributed by atoms with E-state index >= 15 is 0 Å². The SMILES string of the molecule is COc1ccc([C@@H](C)N)c(OCc2ccccn2)c1. The molecule has 19 heavy (non-hydrogen) atoms. The van der Waals surface area contributed by atoms with Crippen molar-refractivity contribution in [1.82, 2.24) is 4.98 Å². The van der Waals surface area contributed by atoms with E-state index in [4.69, 9.17) is 15.2 Å². The lowest BCUT2D eigenvalue weighted by atomic mass is 10.1. The first-order chi connectivity index (χ1) is 9.20. The number of hydrogen-bond acceptors (Lipinski definition) is 4. The van der Waals surface area contributed by atoms with Crippen LogP contribution < -0.4 is 15.2 Å². The standard InChI is InChI=1S/C15H18N2O2/c1-11(16)14-7-6-13(18-2)9-15(14)19-10-12-5-3-4-8-17-12/h3-9,11H,10,16H2,1-2H3/t11-/m1/s1. The lowest BCUT2D eigenvalue weighted by Gasteiger charge is -2.15. The van der Waals surface area contributed by atoms with E-state index in [-0.39, 0.29) is 6.04 Å². The quantitative estimate of drug-likeness (QED) is 0.895. The highest BCUT2D eigenvalue weighted by Gasteiger charge is 2.10. The Hall–Kier alpha value is -2.07. The second-order valence-electron chi connectivity index (χ2n) is 4.30. The molecule has 0 bridgehead atoms. The van der Waals surface area contributed by atoms with Crippen LogP contribution in [0.15, 0.2) is 42.6 Å². The molecule has 0 saturated heterocycles. The molecular weight excluding hydrogens is 240 g/mol. The normalized spacial score (nSPS) is 11.9. The van der Waals surface area contributed by atoms with Crippen molar-refractivity contribution in [3.8, 4) is 11.5 Å². The maximum atomic E-state index is 5.94. The van der Waals surface area contributed by atoms with Gasteiger partial charge in [0.25, 0.3) is 0 Å². The van der Waals surface area contributed by atoms with Crippen LogP contribution in [0.4, 0.5) is 0 Å². The first kappa shape index (κ1) is 13.4. The Morgan fingerprint density at radius 1 is 1.26 bits per heavy atom. The maximum Gasteiger partial charge on any atom is 0.130 e. The van der Waals surface area contributed by atoms with Gasteiger partial charge in [0.15, 0.2) is 0 Å². The van der Waals surface area contributed by atoms with Crippen molar-refractivity contribution in [1.29, 1.82) is 0 Å². The van der Waals surface area contributed by atoms with E-state index in [2.05, 4.69) is 4.98 Å². The highest BCUT2D eigenvalue weighted by Crippen LogP contribution is 2.29. The number of nitrogens with two attached hydrogens (primary N) is 1. The Morgan fingerprint density at radius 3 is 2.74 bits per heavy atom. The third kappa shape index (κ3) is 3.45. The van der Waals surface area contributed by atoms with Gasteiger partial charge in [-0.2, -0.15) is 0 Å². The lowest BCUT2D eigenvalue weighted by Crippen LogP contribution is -2.08. The van der Waals surface area contributed by atoms with Crippen molar-refractivity contribution >= 4 is 0 Å². The van der Waals surface area contributed by atoms with Gasteiger partial charge in [-0.25, -0.2) is 0 Å². The van der Waals surface area contributed by atoms with E-state index in [1.807, 2.05) is 43.3 Å². The second kappa shape index (κ2) is 6.20. The van der Waals surface area contributed by atoms with E-state index in [0.29, 0.717) is 6.61 Å². The third-order valence-corrected chi connectivity index (χ3v) is 2.81. The summed E-state index contributed by atoms with van der Waals surface area (Å²) in [5.41, 5.74) is 7.77. The molecule has 0 aliphatic carbocycles. The predicted molar refractivity (Wildman–Crippen MR) is 74.2 cm³/mol. The van der Waals surface area contributed by atoms with Gasteiger partial charge in [-0.1, -0.05) is 12.1 Å². The Bertz CT molecular complexity index is 527. The van der Waals surface area contributed by atoms with Crippen molar-refractivity contribution < 1.29 is 9.47 Å². The minimum atomic E-state index is -0.0929. The molecule has 0 spiro atoms. The molecular formula is C15H18N2O2. The van der Waals surface area contributed by atoms with Gasteiger partial charge in [0, 0.05) is 23.9 Å². The summed E-state index contributed by atoms with van der Waals surface area (Å²) in [5.74, 6) is 1.49. The van der Waals surface area contributed by atoms with Crippen LogP contribution in [0.1, 0.15) is 24.2 Å². The maximum absolute atomic E-state index is 5.94. The first-order valence-electron chi connectivity index (χ1n) is 6.17.